The summed E-state index contributed by atoms with van der Waals surface area (Å²) >= 11 is 0. The molecule has 100 valence electrons. The number of piperidine rings is 1. The van der Waals surface area contributed by atoms with E-state index in [1.54, 1.807) is 17.1 Å². The molecule has 2 atom stereocenters. The summed E-state index contributed by atoms with van der Waals surface area (Å²) in [5.74, 6) is 5.99. The van der Waals surface area contributed by atoms with E-state index < -0.39 is 5.60 Å². The fraction of sp³-hybridized carbons (Fsp3) is 0.571. The van der Waals surface area contributed by atoms with Crippen LogP contribution in [0.3, 0.4) is 0 Å². The van der Waals surface area contributed by atoms with E-state index in [0.29, 0.717) is 0 Å². The average molecular weight is 252 g/mol. The maximum atomic E-state index is 12.9. The normalized spacial score (nSPS) is 26.3. The Morgan fingerprint density at radius 2 is 1.94 bits per heavy atom. The van der Waals surface area contributed by atoms with Gasteiger partial charge in [0.15, 0.2) is 0 Å². The molecule has 0 aromatic heterocycles. The van der Waals surface area contributed by atoms with Crippen LogP contribution in [0.25, 0.3) is 0 Å². The van der Waals surface area contributed by atoms with Crippen LogP contribution >= 0.6 is 0 Å². The minimum Gasteiger partial charge on any atom is -0.390 e. The second kappa shape index (κ2) is 4.96. The third kappa shape index (κ3) is 2.88. The molecule has 0 spiro atoms. The molecule has 1 aromatic rings. The van der Waals surface area contributed by atoms with Gasteiger partial charge in [-0.3, -0.25) is 5.84 Å². The molecule has 4 heteroatoms. The molecule has 1 saturated heterocycles. The van der Waals surface area contributed by atoms with Crippen LogP contribution in [0.15, 0.2) is 24.3 Å². The fourth-order valence-electron chi connectivity index (χ4n) is 2.64. The first-order valence-corrected chi connectivity index (χ1v) is 6.37. The van der Waals surface area contributed by atoms with Gasteiger partial charge in [-0.2, -0.15) is 0 Å². The lowest BCUT2D eigenvalue weighted by Gasteiger charge is -2.41. The third-order valence-corrected chi connectivity index (χ3v) is 3.90. The van der Waals surface area contributed by atoms with Gasteiger partial charge in [0.25, 0.3) is 0 Å². The fourth-order valence-corrected chi connectivity index (χ4v) is 2.64. The van der Waals surface area contributed by atoms with Gasteiger partial charge in [0, 0.05) is 12.6 Å². The third-order valence-electron chi connectivity index (χ3n) is 3.90. The average Bonchev–Trinajstić information content (AvgIpc) is 2.29. The van der Waals surface area contributed by atoms with Crippen molar-refractivity contribution in [3.63, 3.8) is 0 Å². The number of halogens is 1. The van der Waals surface area contributed by atoms with Gasteiger partial charge in [-0.25, -0.2) is 9.40 Å². The van der Waals surface area contributed by atoms with E-state index in [4.69, 9.17) is 5.84 Å². The summed E-state index contributed by atoms with van der Waals surface area (Å²) in [4.78, 5) is 0. The molecule has 0 radical (unpaired) electrons. The van der Waals surface area contributed by atoms with Crippen molar-refractivity contribution < 1.29 is 9.50 Å². The van der Waals surface area contributed by atoms with E-state index in [2.05, 4.69) is 0 Å². The van der Waals surface area contributed by atoms with Crippen LogP contribution in [0, 0.1) is 11.7 Å². The summed E-state index contributed by atoms with van der Waals surface area (Å²) in [5.41, 5.74) is 0.312. The SMILES string of the molecule is CC(C)(O)C1CCN(N)C(c2ccc(F)cc2)C1. The highest BCUT2D eigenvalue weighted by Gasteiger charge is 2.35. The van der Waals surface area contributed by atoms with Crippen LogP contribution in [0.4, 0.5) is 4.39 Å². The summed E-state index contributed by atoms with van der Waals surface area (Å²) in [6, 6.07) is 6.50. The van der Waals surface area contributed by atoms with Gasteiger partial charge in [0.2, 0.25) is 0 Å². The molecule has 1 fully saturated rings. The highest BCUT2D eigenvalue weighted by Crippen LogP contribution is 2.37. The van der Waals surface area contributed by atoms with Crippen molar-refractivity contribution in [1.82, 2.24) is 5.01 Å². The van der Waals surface area contributed by atoms with Crippen molar-refractivity contribution in [3.8, 4) is 0 Å². The van der Waals surface area contributed by atoms with Crippen LogP contribution in [0.1, 0.15) is 38.3 Å². The Morgan fingerprint density at radius 3 is 2.50 bits per heavy atom. The minimum absolute atomic E-state index is 0.0516. The second-order valence-corrected chi connectivity index (χ2v) is 5.68. The molecule has 1 aliphatic heterocycles. The molecule has 18 heavy (non-hydrogen) atoms. The Bertz CT molecular complexity index is 399. The number of nitrogens with two attached hydrogens (primary N) is 1. The van der Waals surface area contributed by atoms with Gasteiger partial charge in [0.05, 0.1) is 5.60 Å². The molecule has 2 unspecified atom stereocenters. The Kier molecular flexibility index (Phi) is 3.71. The van der Waals surface area contributed by atoms with Gasteiger partial charge < -0.3 is 5.11 Å². The molecule has 1 heterocycles. The Hall–Kier alpha value is -0.970. The topological polar surface area (TPSA) is 49.5 Å². The molecular formula is C14H21FN2O. The van der Waals surface area contributed by atoms with Crippen LogP contribution in [-0.2, 0) is 0 Å². The molecule has 0 bridgehead atoms. The number of aliphatic hydroxyl groups is 1. The first-order valence-electron chi connectivity index (χ1n) is 6.37. The number of rotatable bonds is 2. The summed E-state index contributed by atoms with van der Waals surface area (Å²) in [5, 5.41) is 11.9. The molecule has 2 rings (SSSR count). The lowest BCUT2D eigenvalue weighted by atomic mass is 9.79. The molecule has 0 amide bonds. The Balaban J connectivity index is 2.17. The zero-order valence-electron chi connectivity index (χ0n) is 10.9. The number of hydrogen-bond donors (Lipinski definition) is 2. The van der Waals surface area contributed by atoms with Crippen molar-refractivity contribution >= 4 is 0 Å². The van der Waals surface area contributed by atoms with Crippen molar-refractivity contribution in [2.24, 2.45) is 11.8 Å². The maximum absolute atomic E-state index is 12.9. The zero-order chi connectivity index (χ0) is 13.3. The number of nitrogens with zero attached hydrogens (tertiary/aromatic N) is 1. The smallest absolute Gasteiger partial charge is 0.123 e. The van der Waals surface area contributed by atoms with Crippen LogP contribution in [-0.4, -0.2) is 22.3 Å². The van der Waals surface area contributed by atoms with Crippen LogP contribution in [0.2, 0.25) is 0 Å². The molecule has 3 N–H and O–H groups in total. The van der Waals surface area contributed by atoms with E-state index >= 15 is 0 Å². The zero-order valence-corrected chi connectivity index (χ0v) is 10.9. The quantitative estimate of drug-likeness (QED) is 0.793. The molecule has 3 nitrogen and oxygen atoms in total. The van der Waals surface area contributed by atoms with E-state index in [1.165, 1.54) is 12.1 Å². The summed E-state index contributed by atoms with van der Waals surface area (Å²) < 4.78 is 12.9. The molecule has 0 saturated carbocycles. The van der Waals surface area contributed by atoms with E-state index in [9.17, 15) is 9.50 Å². The highest BCUT2D eigenvalue weighted by atomic mass is 19.1. The molecule has 0 aliphatic carbocycles. The van der Waals surface area contributed by atoms with Gasteiger partial charge >= 0.3 is 0 Å². The molecular weight excluding hydrogens is 231 g/mol. The van der Waals surface area contributed by atoms with E-state index in [0.717, 1.165) is 24.9 Å². The van der Waals surface area contributed by atoms with Crippen molar-refractivity contribution in [1.29, 1.82) is 0 Å². The van der Waals surface area contributed by atoms with Crippen molar-refractivity contribution in [3.05, 3.63) is 35.6 Å². The van der Waals surface area contributed by atoms with Gasteiger partial charge in [0.1, 0.15) is 5.82 Å². The first kappa shape index (κ1) is 13.5. The Morgan fingerprint density at radius 1 is 1.33 bits per heavy atom. The van der Waals surface area contributed by atoms with E-state index in [1.807, 2.05) is 13.8 Å². The minimum atomic E-state index is -0.695. The Labute approximate surface area is 107 Å². The number of benzene rings is 1. The summed E-state index contributed by atoms with van der Waals surface area (Å²) in [7, 11) is 0. The standard InChI is InChI=1S/C14H21FN2O/c1-14(2,18)11-7-8-17(16)13(9-11)10-3-5-12(15)6-4-10/h3-6,11,13,18H,7-9,16H2,1-2H3. The summed E-state index contributed by atoms with van der Waals surface area (Å²) in [6.45, 7) is 4.42. The van der Waals surface area contributed by atoms with Gasteiger partial charge in [-0.05, 0) is 50.3 Å². The first-order chi connectivity index (χ1) is 8.38. The largest absolute Gasteiger partial charge is 0.390 e. The van der Waals surface area contributed by atoms with Gasteiger partial charge in [-0.1, -0.05) is 12.1 Å². The van der Waals surface area contributed by atoms with Gasteiger partial charge in [-0.15, -0.1) is 0 Å². The summed E-state index contributed by atoms with van der Waals surface area (Å²) in [6.07, 6.45) is 1.68. The number of hydrazine groups is 1. The second-order valence-electron chi connectivity index (χ2n) is 5.68. The van der Waals surface area contributed by atoms with E-state index in [-0.39, 0.29) is 17.8 Å². The van der Waals surface area contributed by atoms with Crippen molar-refractivity contribution in [2.45, 2.75) is 38.3 Å². The predicted molar refractivity (Wildman–Crippen MR) is 69.1 cm³/mol. The predicted octanol–water partition coefficient (Wildman–Crippen LogP) is 2.22. The lowest BCUT2D eigenvalue weighted by Crippen LogP contribution is -2.46. The molecule has 1 aromatic carbocycles. The number of hydrogen-bond acceptors (Lipinski definition) is 3. The van der Waals surface area contributed by atoms with Crippen LogP contribution < -0.4 is 5.84 Å². The molecule has 1 aliphatic rings. The van der Waals surface area contributed by atoms with Crippen LogP contribution in [0.5, 0.6) is 0 Å². The lowest BCUT2D eigenvalue weighted by molar-refractivity contribution is -0.0301. The van der Waals surface area contributed by atoms with Crippen molar-refractivity contribution in [2.75, 3.05) is 6.54 Å². The monoisotopic (exact) mass is 252 g/mol. The highest BCUT2D eigenvalue weighted by molar-refractivity contribution is 5.20. The maximum Gasteiger partial charge on any atom is 0.123 e.